The van der Waals surface area contributed by atoms with Crippen LogP contribution < -0.4 is 10.3 Å². The third-order valence-electron chi connectivity index (χ3n) is 3.89. The van der Waals surface area contributed by atoms with Crippen LogP contribution in [-0.4, -0.2) is 25.0 Å². The molecule has 0 aliphatic rings. The fraction of sp³-hybridized carbons (Fsp3) is 0.444. The van der Waals surface area contributed by atoms with E-state index in [-0.39, 0.29) is 5.56 Å². The third-order valence-corrected chi connectivity index (χ3v) is 3.89. The highest BCUT2D eigenvalue weighted by Gasteiger charge is 2.16. The molecule has 23 heavy (non-hydrogen) atoms. The first-order valence-corrected chi connectivity index (χ1v) is 8.00. The minimum atomic E-state index is -0.0992. The van der Waals surface area contributed by atoms with Gasteiger partial charge in [0.15, 0.2) is 0 Å². The Hall–Kier alpha value is -2.30. The quantitative estimate of drug-likeness (QED) is 0.425. The smallest absolute Gasteiger partial charge is 0.263 e. The van der Waals surface area contributed by atoms with Crippen LogP contribution >= 0.6 is 0 Å². The summed E-state index contributed by atoms with van der Waals surface area (Å²) < 4.78 is 7.28. The first-order chi connectivity index (χ1) is 11.2. The highest BCUT2D eigenvalue weighted by Crippen LogP contribution is 2.26. The second kappa shape index (κ2) is 8.36. The molecule has 2 rings (SSSR count). The Kier molecular flexibility index (Phi) is 6.20. The molecule has 0 bridgehead atoms. The number of unbranched alkanes of at least 4 members (excludes halogenated alkanes) is 3. The SMILES string of the molecule is CCCCCCn1c(=O)c(C=NOC)c(OC)c2ccccc21. The Morgan fingerprint density at radius 3 is 2.65 bits per heavy atom. The van der Waals surface area contributed by atoms with Crippen molar-refractivity contribution in [1.29, 1.82) is 0 Å². The summed E-state index contributed by atoms with van der Waals surface area (Å²) in [6.45, 7) is 2.87. The van der Waals surface area contributed by atoms with Gasteiger partial charge in [0.25, 0.3) is 5.56 Å². The first-order valence-electron chi connectivity index (χ1n) is 8.00. The van der Waals surface area contributed by atoms with Gasteiger partial charge in [-0.05, 0) is 18.6 Å². The second-order valence-electron chi connectivity index (χ2n) is 5.40. The van der Waals surface area contributed by atoms with Crippen LogP contribution in [-0.2, 0) is 11.4 Å². The molecule has 0 radical (unpaired) electrons. The summed E-state index contributed by atoms with van der Waals surface area (Å²) in [5, 5.41) is 4.66. The predicted molar refractivity (Wildman–Crippen MR) is 93.5 cm³/mol. The van der Waals surface area contributed by atoms with Crippen molar-refractivity contribution in [3.8, 4) is 5.75 Å². The van der Waals surface area contributed by atoms with Crippen molar-refractivity contribution in [3.05, 3.63) is 40.2 Å². The van der Waals surface area contributed by atoms with Crippen LogP contribution in [0.5, 0.6) is 5.75 Å². The van der Waals surface area contributed by atoms with Gasteiger partial charge in [-0.1, -0.05) is 43.5 Å². The zero-order valence-corrected chi connectivity index (χ0v) is 14.0. The van der Waals surface area contributed by atoms with Gasteiger partial charge in [0.2, 0.25) is 0 Å². The van der Waals surface area contributed by atoms with E-state index >= 15 is 0 Å². The molecular formula is C18H24N2O3. The molecule has 0 spiro atoms. The van der Waals surface area contributed by atoms with Crippen molar-refractivity contribution in [1.82, 2.24) is 4.57 Å². The molecule has 0 unspecified atom stereocenters. The summed E-state index contributed by atoms with van der Waals surface area (Å²) in [5.41, 5.74) is 1.21. The van der Waals surface area contributed by atoms with E-state index in [1.54, 1.807) is 7.11 Å². The number of aromatic nitrogens is 1. The van der Waals surface area contributed by atoms with E-state index in [1.807, 2.05) is 28.8 Å². The zero-order valence-electron chi connectivity index (χ0n) is 14.0. The number of oxime groups is 1. The highest BCUT2D eigenvalue weighted by molar-refractivity contribution is 5.95. The largest absolute Gasteiger partial charge is 0.495 e. The maximum atomic E-state index is 12.9. The number of benzene rings is 1. The van der Waals surface area contributed by atoms with E-state index in [4.69, 9.17) is 9.57 Å². The van der Waals surface area contributed by atoms with Crippen molar-refractivity contribution < 1.29 is 9.57 Å². The number of nitrogens with zero attached hydrogens (tertiary/aromatic N) is 2. The van der Waals surface area contributed by atoms with Crippen molar-refractivity contribution in [2.75, 3.05) is 14.2 Å². The van der Waals surface area contributed by atoms with Gasteiger partial charge in [0.05, 0.1) is 18.8 Å². The molecule has 0 saturated heterocycles. The Morgan fingerprint density at radius 2 is 1.96 bits per heavy atom. The molecule has 0 atom stereocenters. The van der Waals surface area contributed by atoms with E-state index in [0.29, 0.717) is 17.9 Å². The summed E-state index contributed by atoms with van der Waals surface area (Å²) in [4.78, 5) is 17.6. The highest BCUT2D eigenvalue weighted by atomic mass is 16.6. The summed E-state index contributed by atoms with van der Waals surface area (Å²) in [6.07, 6.45) is 5.87. The van der Waals surface area contributed by atoms with Crippen LogP contribution in [0.15, 0.2) is 34.2 Å². The Balaban J connectivity index is 2.57. The minimum Gasteiger partial charge on any atom is -0.495 e. The number of fused-ring (bicyclic) bond motifs is 1. The second-order valence-corrected chi connectivity index (χ2v) is 5.40. The van der Waals surface area contributed by atoms with E-state index in [0.717, 1.165) is 23.7 Å². The van der Waals surface area contributed by atoms with E-state index in [1.165, 1.54) is 26.2 Å². The van der Waals surface area contributed by atoms with Gasteiger partial charge < -0.3 is 14.1 Å². The van der Waals surface area contributed by atoms with Gasteiger partial charge in [-0.3, -0.25) is 4.79 Å². The number of hydrogen-bond acceptors (Lipinski definition) is 4. The molecular weight excluding hydrogens is 292 g/mol. The molecule has 1 aromatic heterocycles. The lowest BCUT2D eigenvalue weighted by atomic mass is 10.1. The topological polar surface area (TPSA) is 52.8 Å². The van der Waals surface area contributed by atoms with Crippen molar-refractivity contribution >= 4 is 17.1 Å². The number of para-hydroxylation sites is 1. The van der Waals surface area contributed by atoms with Crippen LogP contribution in [0.4, 0.5) is 0 Å². The molecule has 0 fully saturated rings. The van der Waals surface area contributed by atoms with Crippen LogP contribution in [0.2, 0.25) is 0 Å². The van der Waals surface area contributed by atoms with Crippen molar-refractivity contribution in [3.63, 3.8) is 0 Å². The Morgan fingerprint density at radius 1 is 1.17 bits per heavy atom. The standard InChI is InChI=1S/C18H24N2O3/c1-4-5-6-9-12-20-16-11-8-7-10-14(16)17(22-2)15(18(20)21)13-19-23-3/h7-8,10-11,13H,4-6,9,12H2,1-3H3. The molecule has 0 saturated carbocycles. The number of ether oxygens (including phenoxy) is 1. The summed E-state index contributed by atoms with van der Waals surface area (Å²) >= 11 is 0. The monoisotopic (exact) mass is 316 g/mol. The lowest BCUT2D eigenvalue weighted by Gasteiger charge is -2.15. The summed E-state index contributed by atoms with van der Waals surface area (Å²) in [5.74, 6) is 0.538. The van der Waals surface area contributed by atoms with Gasteiger partial charge in [-0.25, -0.2) is 0 Å². The third kappa shape index (κ3) is 3.73. The lowest BCUT2D eigenvalue weighted by molar-refractivity contribution is 0.215. The van der Waals surface area contributed by atoms with Gasteiger partial charge in [-0.2, -0.15) is 0 Å². The molecule has 1 heterocycles. The van der Waals surface area contributed by atoms with Gasteiger partial charge in [-0.15, -0.1) is 0 Å². The molecule has 124 valence electrons. The first kappa shape index (κ1) is 17.1. The normalized spacial score (nSPS) is 11.3. The lowest BCUT2D eigenvalue weighted by Crippen LogP contribution is -2.25. The number of rotatable bonds is 8. The molecule has 0 N–H and O–H groups in total. The minimum absolute atomic E-state index is 0.0992. The molecule has 2 aromatic rings. The fourth-order valence-electron chi connectivity index (χ4n) is 2.76. The van der Waals surface area contributed by atoms with E-state index in [2.05, 4.69) is 12.1 Å². The Bertz CT molecular complexity index is 735. The number of aryl methyl sites for hydroxylation is 1. The maximum absolute atomic E-state index is 12.9. The van der Waals surface area contributed by atoms with Crippen molar-refractivity contribution in [2.45, 2.75) is 39.2 Å². The number of pyridine rings is 1. The predicted octanol–water partition coefficient (Wildman–Crippen LogP) is 3.57. The maximum Gasteiger partial charge on any atom is 0.263 e. The Labute approximate surface area is 136 Å². The van der Waals surface area contributed by atoms with E-state index in [9.17, 15) is 4.79 Å². The molecule has 1 aromatic carbocycles. The number of hydrogen-bond donors (Lipinski definition) is 0. The van der Waals surface area contributed by atoms with Gasteiger partial charge in [0.1, 0.15) is 18.4 Å². The molecule has 0 aliphatic heterocycles. The summed E-state index contributed by atoms with van der Waals surface area (Å²) in [6, 6.07) is 7.79. The average Bonchev–Trinajstić information content (AvgIpc) is 2.58. The molecule has 5 heteroatoms. The van der Waals surface area contributed by atoms with Gasteiger partial charge in [0, 0.05) is 11.9 Å². The van der Waals surface area contributed by atoms with Gasteiger partial charge >= 0.3 is 0 Å². The van der Waals surface area contributed by atoms with Crippen LogP contribution in [0, 0.1) is 0 Å². The van der Waals surface area contributed by atoms with Crippen molar-refractivity contribution in [2.24, 2.45) is 5.16 Å². The molecule has 5 nitrogen and oxygen atoms in total. The summed E-state index contributed by atoms with van der Waals surface area (Å²) in [7, 11) is 3.02. The van der Waals surface area contributed by atoms with E-state index < -0.39 is 0 Å². The zero-order chi connectivity index (χ0) is 16.7. The molecule has 0 aliphatic carbocycles. The molecule has 0 amide bonds. The average molecular weight is 316 g/mol. The van der Waals surface area contributed by atoms with Crippen LogP contribution in [0.1, 0.15) is 38.2 Å². The van der Waals surface area contributed by atoms with Crippen LogP contribution in [0.3, 0.4) is 0 Å². The van der Waals surface area contributed by atoms with Crippen LogP contribution in [0.25, 0.3) is 10.9 Å². The fourth-order valence-corrected chi connectivity index (χ4v) is 2.76. The number of methoxy groups -OCH3 is 1.